The first-order valence-electron chi connectivity index (χ1n) is 6.13. The lowest BCUT2D eigenvalue weighted by Gasteiger charge is -2.33. The molecule has 0 aromatic heterocycles. The lowest BCUT2D eigenvalue weighted by molar-refractivity contribution is -0.0278. The summed E-state index contributed by atoms with van der Waals surface area (Å²) in [5.41, 5.74) is -0.462. The van der Waals surface area contributed by atoms with Crippen molar-refractivity contribution in [3.05, 3.63) is 0 Å². The number of nitrogens with zero attached hydrogens (tertiary/aromatic N) is 1. The molecule has 1 amide bonds. The van der Waals surface area contributed by atoms with E-state index in [9.17, 15) is 4.79 Å². The van der Waals surface area contributed by atoms with E-state index in [4.69, 9.17) is 14.6 Å². The molecule has 1 rings (SSSR count). The predicted molar refractivity (Wildman–Crippen MR) is 63.9 cm³/mol. The third kappa shape index (κ3) is 5.37. The molecule has 1 heterocycles. The number of likely N-dealkylation sites (tertiary alicyclic amines) is 1. The number of aliphatic hydroxyl groups excluding tert-OH is 1. The van der Waals surface area contributed by atoms with Crippen molar-refractivity contribution in [2.75, 3.05) is 26.3 Å². The minimum absolute atomic E-state index is 0.0168. The average molecular weight is 245 g/mol. The van der Waals surface area contributed by atoms with Crippen molar-refractivity contribution in [1.82, 2.24) is 4.90 Å². The van der Waals surface area contributed by atoms with E-state index in [0.29, 0.717) is 19.7 Å². The monoisotopic (exact) mass is 245 g/mol. The summed E-state index contributed by atoms with van der Waals surface area (Å²) in [5, 5.41) is 8.69. The Labute approximate surface area is 103 Å². The summed E-state index contributed by atoms with van der Waals surface area (Å²) < 4.78 is 10.8. The minimum atomic E-state index is -0.462. The maximum absolute atomic E-state index is 11.8. The van der Waals surface area contributed by atoms with Crippen LogP contribution in [0.1, 0.15) is 33.6 Å². The van der Waals surface area contributed by atoms with Crippen LogP contribution in [0.5, 0.6) is 0 Å². The van der Waals surface area contributed by atoms with Gasteiger partial charge >= 0.3 is 6.09 Å². The molecule has 5 heteroatoms. The van der Waals surface area contributed by atoms with Crippen LogP contribution in [0.3, 0.4) is 0 Å². The van der Waals surface area contributed by atoms with Gasteiger partial charge in [0, 0.05) is 6.54 Å². The molecule has 0 unspecified atom stereocenters. The number of ether oxygens (including phenoxy) is 2. The topological polar surface area (TPSA) is 59.0 Å². The molecule has 0 bridgehead atoms. The summed E-state index contributed by atoms with van der Waals surface area (Å²) in [5.74, 6) is 0. The Hall–Kier alpha value is -0.810. The second kappa shape index (κ2) is 6.21. The van der Waals surface area contributed by atoms with Gasteiger partial charge in [0.25, 0.3) is 0 Å². The Morgan fingerprint density at radius 2 is 2.18 bits per heavy atom. The van der Waals surface area contributed by atoms with Gasteiger partial charge in [-0.25, -0.2) is 4.79 Å². The molecule has 1 saturated heterocycles. The number of hydrogen-bond acceptors (Lipinski definition) is 4. The standard InChI is InChI=1S/C12H23NO4/c1-12(2,3)17-11(15)13-6-4-5-10(9-13)16-8-7-14/h10,14H,4-9H2,1-3H3/t10-/m0/s1. The second-order valence-electron chi connectivity index (χ2n) is 5.28. The number of hydrogen-bond donors (Lipinski definition) is 1. The van der Waals surface area contributed by atoms with Gasteiger partial charge in [-0.1, -0.05) is 0 Å². The highest BCUT2D eigenvalue weighted by Crippen LogP contribution is 2.16. The molecular formula is C12H23NO4. The smallest absolute Gasteiger partial charge is 0.410 e. The Morgan fingerprint density at radius 1 is 1.47 bits per heavy atom. The van der Waals surface area contributed by atoms with Gasteiger partial charge in [-0.15, -0.1) is 0 Å². The molecule has 0 spiro atoms. The van der Waals surface area contributed by atoms with Gasteiger partial charge in [-0.3, -0.25) is 0 Å². The predicted octanol–water partition coefficient (Wildman–Crippen LogP) is 1.39. The summed E-state index contributed by atoms with van der Waals surface area (Å²) >= 11 is 0. The van der Waals surface area contributed by atoms with Gasteiger partial charge in [0.2, 0.25) is 0 Å². The zero-order chi connectivity index (χ0) is 12.9. The maximum Gasteiger partial charge on any atom is 0.410 e. The molecule has 0 aliphatic carbocycles. The van der Waals surface area contributed by atoms with Crippen molar-refractivity contribution in [2.45, 2.75) is 45.3 Å². The van der Waals surface area contributed by atoms with Crippen LogP contribution in [-0.2, 0) is 9.47 Å². The van der Waals surface area contributed by atoms with E-state index in [2.05, 4.69) is 0 Å². The molecule has 1 aliphatic heterocycles. The number of aliphatic hydroxyl groups is 1. The van der Waals surface area contributed by atoms with Gasteiger partial charge in [0.1, 0.15) is 5.60 Å². The molecule has 0 aromatic rings. The van der Waals surface area contributed by atoms with Crippen molar-refractivity contribution in [3.8, 4) is 0 Å². The fraction of sp³-hybridized carbons (Fsp3) is 0.917. The van der Waals surface area contributed by atoms with Crippen molar-refractivity contribution >= 4 is 6.09 Å². The number of carbonyl (C=O) groups is 1. The van der Waals surface area contributed by atoms with E-state index in [1.54, 1.807) is 4.90 Å². The fourth-order valence-corrected chi connectivity index (χ4v) is 1.79. The van der Waals surface area contributed by atoms with Crippen LogP contribution >= 0.6 is 0 Å². The van der Waals surface area contributed by atoms with E-state index >= 15 is 0 Å². The highest BCUT2D eigenvalue weighted by atomic mass is 16.6. The van der Waals surface area contributed by atoms with Crippen molar-refractivity contribution < 1.29 is 19.4 Å². The summed E-state index contributed by atoms with van der Waals surface area (Å²) in [6.07, 6.45) is 1.58. The molecule has 1 N–H and O–H groups in total. The number of carbonyl (C=O) groups excluding carboxylic acids is 1. The van der Waals surface area contributed by atoms with Crippen LogP contribution in [0.25, 0.3) is 0 Å². The van der Waals surface area contributed by atoms with E-state index in [1.807, 2.05) is 20.8 Å². The normalized spacial score (nSPS) is 21.4. The highest BCUT2D eigenvalue weighted by molar-refractivity contribution is 5.68. The van der Waals surface area contributed by atoms with Crippen LogP contribution in [-0.4, -0.2) is 54.1 Å². The Kier molecular flexibility index (Phi) is 5.21. The first kappa shape index (κ1) is 14.3. The Bertz CT molecular complexity index is 249. The van der Waals surface area contributed by atoms with E-state index in [0.717, 1.165) is 12.8 Å². The number of rotatable bonds is 3. The summed E-state index contributed by atoms with van der Waals surface area (Å²) in [6.45, 7) is 7.18. The van der Waals surface area contributed by atoms with Crippen molar-refractivity contribution in [1.29, 1.82) is 0 Å². The van der Waals surface area contributed by atoms with Gasteiger partial charge in [0.15, 0.2) is 0 Å². The molecule has 5 nitrogen and oxygen atoms in total. The summed E-state index contributed by atoms with van der Waals surface area (Å²) in [4.78, 5) is 13.5. The molecule has 1 atom stereocenters. The average Bonchev–Trinajstić information content (AvgIpc) is 2.24. The molecule has 0 saturated carbocycles. The van der Waals surface area contributed by atoms with Crippen LogP contribution in [0.15, 0.2) is 0 Å². The fourth-order valence-electron chi connectivity index (χ4n) is 1.79. The third-order valence-corrected chi connectivity index (χ3v) is 2.47. The first-order chi connectivity index (χ1) is 7.92. The van der Waals surface area contributed by atoms with Crippen LogP contribution in [0.2, 0.25) is 0 Å². The Morgan fingerprint density at radius 3 is 2.76 bits per heavy atom. The first-order valence-corrected chi connectivity index (χ1v) is 6.13. The van der Waals surface area contributed by atoms with E-state index < -0.39 is 5.60 Å². The van der Waals surface area contributed by atoms with E-state index in [1.165, 1.54) is 0 Å². The second-order valence-corrected chi connectivity index (χ2v) is 5.28. The van der Waals surface area contributed by atoms with Crippen molar-refractivity contribution in [2.24, 2.45) is 0 Å². The zero-order valence-electron chi connectivity index (χ0n) is 10.9. The molecule has 17 heavy (non-hydrogen) atoms. The van der Waals surface area contributed by atoms with Crippen LogP contribution in [0.4, 0.5) is 4.79 Å². The van der Waals surface area contributed by atoms with Gasteiger partial charge < -0.3 is 19.5 Å². The summed E-state index contributed by atoms with van der Waals surface area (Å²) in [7, 11) is 0. The Balaban J connectivity index is 2.40. The highest BCUT2D eigenvalue weighted by Gasteiger charge is 2.27. The third-order valence-electron chi connectivity index (χ3n) is 2.47. The van der Waals surface area contributed by atoms with E-state index in [-0.39, 0.29) is 18.8 Å². The molecule has 1 fully saturated rings. The van der Waals surface area contributed by atoms with Crippen LogP contribution in [0, 0.1) is 0 Å². The molecule has 1 aliphatic rings. The van der Waals surface area contributed by atoms with Gasteiger partial charge in [-0.2, -0.15) is 0 Å². The zero-order valence-corrected chi connectivity index (χ0v) is 10.9. The van der Waals surface area contributed by atoms with Crippen molar-refractivity contribution in [3.63, 3.8) is 0 Å². The largest absolute Gasteiger partial charge is 0.444 e. The maximum atomic E-state index is 11.8. The summed E-state index contributed by atoms with van der Waals surface area (Å²) in [6, 6.07) is 0. The quantitative estimate of drug-likeness (QED) is 0.816. The molecule has 100 valence electrons. The lowest BCUT2D eigenvalue weighted by atomic mass is 10.1. The SMILES string of the molecule is CC(C)(C)OC(=O)N1CCC[C@H](OCCO)C1. The minimum Gasteiger partial charge on any atom is -0.444 e. The number of piperidine rings is 1. The molecule has 0 aromatic carbocycles. The van der Waals surface area contributed by atoms with Crippen LogP contribution < -0.4 is 0 Å². The lowest BCUT2D eigenvalue weighted by Crippen LogP contribution is -2.45. The molecular weight excluding hydrogens is 222 g/mol. The van der Waals surface area contributed by atoms with Gasteiger partial charge in [0.05, 0.1) is 25.9 Å². The molecule has 0 radical (unpaired) electrons. The number of amides is 1. The van der Waals surface area contributed by atoms with Gasteiger partial charge in [-0.05, 0) is 33.6 Å².